The highest BCUT2D eigenvalue weighted by molar-refractivity contribution is 7.92. The first kappa shape index (κ1) is 20.8. The minimum absolute atomic E-state index is 0.148. The number of sulfonamides is 1. The van der Waals surface area contributed by atoms with Gasteiger partial charge < -0.3 is 10.1 Å². The lowest BCUT2D eigenvalue weighted by Crippen LogP contribution is -2.26. The molecule has 0 radical (unpaired) electrons. The molecule has 0 fully saturated rings. The number of hydrogen-bond donors (Lipinski definition) is 1. The number of unbranched alkanes of at least 4 members (excludes halogenated alkanes) is 3. The second-order valence-electron chi connectivity index (χ2n) is 7.37. The maximum absolute atomic E-state index is 13.2. The van der Waals surface area contributed by atoms with Gasteiger partial charge in [-0.3, -0.25) is 4.31 Å². The van der Waals surface area contributed by atoms with Crippen LogP contribution in [0.1, 0.15) is 48.4 Å². The lowest BCUT2D eigenvalue weighted by Gasteiger charge is -2.22. The Bertz CT molecular complexity index is 912. The van der Waals surface area contributed by atoms with Crippen molar-refractivity contribution in [3.63, 3.8) is 0 Å². The number of fused-ring (bicyclic) bond motifs is 2. The Hall–Kier alpha value is -1.89. The van der Waals surface area contributed by atoms with Crippen molar-refractivity contribution in [2.45, 2.75) is 43.5 Å². The van der Waals surface area contributed by atoms with E-state index in [1.165, 1.54) is 4.31 Å². The van der Waals surface area contributed by atoms with Crippen LogP contribution in [0.25, 0.3) is 0 Å². The van der Waals surface area contributed by atoms with Gasteiger partial charge in [0.15, 0.2) is 0 Å². The molecule has 2 aromatic rings. The number of aryl methyl sites for hydroxylation is 1. The van der Waals surface area contributed by atoms with E-state index in [1.54, 1.807) is 20.2 Å². The first-order valence-corrected chi connectivity index (χ1v) is 11.3. The Kier molecular flexibility index (Phi) is 6.75. The Balaban J connectivity index is 1.90. The molecule has 0 aliphatic carbocycles. The van der Waals surface area contributed by atoms with Gasteiger partial charge in [-0.25, -0.2) is 8.42 Å². The molecular weight excluding hydrogens is 372 g/mol. The Morgan fingerprint density at radius 2 is 1.79 bits per heavy atom. The van der Waals surface area contributed by atoms with Crippen molar-refractivity contribution in [3.05, 3.63) is 59.2 Å². The molecule has 5 nitrogen and oxygen atoms in total. The van der Waals surface area contributed by atoms with Gasteiger partial charge in [0.25, 0.3) is 10.0 Å². The van der Waals surface area contributed by atoms with Gasteiger partial charge in [-0.2, -0.15) is 0 Å². The average Bonchev–Trinajstić information content (AvgIpc) is 2.75. The zero-order chi connectivity index (χ0) is 20.1. The largest absolute Gasteiger partial charge is 0.385 e. The monoisotopic (exact) mass is 402 g/mol. The lowest BCUT2D eigenvalue weighted by atomic mass is 9.96. The summed E-state index contributed by atoms with van der Waals surface area (Å²) in [6.45, 7) is 3.57. The molecule has 0 aromatic heterocycles. The van der Waals surface area contributed by atoms with E-state index >= 15 is 0 Å². The second kappa shape index (κ2) is 9.07. The molecule has 0 bridgehead atoms. The number of nitrogens with zero attached hydrogens (tertiary/aromatic N) is 1. The number of benzene rings is 2. The van der Waals surface area contributed by atoms with E-state index in [4.69, 9.17) is 4.74 Å². The standard InChI is InChI=1S/C22H30N2O3S/c1-17-12-13-19-21(16-17)28(25,26)24(2)20-11-7-6-10-18(20)22(19)23-14-8-4-5-9-15-27-3/h6-7,10-13,16,22-23H,4-5,8-9,14-15H2,1-3H3. The molecule has 0 spiro atoms. The summed E-state index contributed by atoms with van der Waals surface area (Å²) in [7, 11) is -0.223. The van der Waals surface area contributed by atoms with Crippen LogP contribution in [-0.2, 0) is 14.8 Å². The molecule has 1 aliphatic rings. The summed E-state index contributed by atoms with van der Waals surface area (Å²) in [4.78, 5) is 0.392. The van der Waals surface area contributed by atoms with Crippen molar-refractivity contribution in [2.24, 2.45) is 0 Å². The molecule has 2 aromatic carbocycles. The molecule has 0 amide bonds. The van der Waals surface area contributed by atoms with Crippen molar-refractivity contribution in [1.29, 1.82) is 0 Å². The van der Waals surface area contributed by atoms with E-state index < -0.39 is 10.0 Å². The van der Waals surface area contributed by atoms with Gasteiger partial charge in [-0.15, -0.1) is 0 Å². The summed E-state index contributed by atoms with van der Waals surface area (Å²) in [6.07, 6.45) is 4.40. The third-order valence-corrected chi connectivity index (χ3v) is 7.16. The summed E-state index contributed by atoms with van der Waals surface area (Å²) >= 11 is 0. The smallest absolute Gasteiger partial charge is 0.264 e. The zero-order valence-corrected chi connectivity index (χ0v) is 17.8. The molecule has 1 N–H and O–H groups in total. The number of hydrogen-bond acceptors (Lipinski definition) is 4. The number of ether oxygens (including phenoxy) is 1. The molecular formula is C22H30N2O3S. The van der Waals surface area contributed by atoms with Crippen molar-refractivity contribution in [1.82, 2.24) is 5.32 Å². The van der Waals surface area contributed by atoms with Crippen LogP contribution in [0.15, 0.2) is 47.4 Å². The molecule has 6 heteroatoms. The number of nitrogens with one attached hydrogen (secondary N) is 1. The predicted octanol–water partition coefficient (Wildman–Crippen LogP) is 4.02. The topological polar surface area (TPSA) is 58.6 Å². The minimum Gasteiger partial charge on any atom is -0.385 e. The minimum atomic E-state index is -3.59. The van der Waals surface area contributed by atoms with Gasteiger partial charge >= 0.3 is 0 Å². The molecule has 1 heterocycles. The SMILES string of the molecule is COCCCCCCNC1c2ccccc2N(C)S(=O)(=O)c2cc(C)ccc21. The highest BCUT2D eigenvalue weighted by Crippen LogP contribution is 2.40. The van der Waals surface area contributed by atoms with Gasteiger partial charge in [0.1, 0.15) is 0 Å². The van der Waals surface area contributed by atoms with Gasteiger partial charge in [0, 0.05) is 20.8 Å². The normalized spacial score (nSPS) is 17.7. The molecule has 152 valence electrons. The van der Waals surface area contributed by atoms with Crippen molar-refractivity contribution < 1.29 is 13.2 Å². The van der Waals surface area contributed by atoms with Crippen molar-refractivity contribution in [2.75, 3.05) is 31.6 Å². The zero-order valence-electron chi connectivity index (χ0n) is 16.9. The van der Waals surface area contributed by atoms with Gasteiger partial charge in [-0.05, 0) is 55.1 Å². The van der Waals surface area contributed by atoms with E-state index in [0.29, 0.717) is 4.90 Å². The van der Waals surface area contributed by atoms with E-state index in [-0.39, 0.29) is 6.04 Å². The van der Waals surface area contributed by atoms with Crippen LogP contribution in [0.2, 0.25) is 0 Å². The fourth-order valence-corrected chi connectivity index (χ4v) is 5.30. The van der Waals surface area contributed by atoms with Crippen LogP contribution < -0.4 is 9.62 Å². The summed E-state index contributed by atoms with van der Waals surface area (Å²) in [5.74, 6) is 0. The quantitative estimate of drug-likeness (QED) is 0.678. The highest BCUT2D eigenvalue weighted by atomic mass is 32.2. The lowest BCUT2D eigenvalue weighted by molar-refractivity contribution is 0.192. The molecule has 1 aliphatic heterocycles. The predicted molar refractivity (Wildman–Crippen MR) is 113 cm³/mol. The maximum Gasteiger partial charge on any atom is 0.264 e. The number of methoxy groups -OCH3 is 1. The number of para-hydroxylation sites is 1. The number of rotatable bonds is 8. The molecule has 28 heavy (non-hydrogen) atoms. The van der Waals surface area contributed by atoms with E-state index in [0.717, 1.165) is 61.2 Å². The first-order chi connectivity index (χ1) is 13.5. The fraction of sp³-hybridized carbons (Fsp3) is 0.455. The fourth-order valence-electron chi connectivity index (χ4n) is 3.76. The van der Waals surface area contributed by atoms with Gasteiger partial charge in [0.05, 0.1) is 16.6 Å². The Morgan fingerprint density at radius 3 is 2.57 bits per heavy atom. The van der Waals surface area contributed by atoms with E-state index in [1.807, 2.05) is 43.3 Å². The summed E-state index contributed by atoms with van der Waals surface area (Å²) < 4.78 is 33.0. The van der Waals surface area contributed by atoms with Crippen LogP contribution in [0.4, 0.5) is 5.69 Å². The first-order valence-electron chi connectivity index (χ1n) is 9.87. The van der Waals surface area contributed by atoms with Crippen LogP contribution in [0, 0.1) is 6.92 Å². The van der Waals surface area contributed by atoms with Crippen LogP contribution in [0.5, 0.6) is 0 Å². The van der Waals surface area contributed by atoms with Gasteiger partial charge in [0.2, 0.25) is 0 Å². The Labute approximate surface area is 168 Å². The van der Waals surface area contributed by atoms with E-state index in [2.05, 4.69) is 5.32 Å². The maximum atomic E-state index is 13.2. The third kappa shape index (κ3) is 4.24. The third-order valence-electron chi connectivity index (χ3n) is 5.33. The average molecular weight is 403 g/mol. The van der Waals surface area contributed by atoms with Gasteiger partial charge in [-0.1, -0.05) is 43.2 Å². The molecule has 1 unspecified atom stereocenters. The van der Waals surface area contributed by atoms with Crippen LogP contribution in [-0.4, -0.2) is 35.7 Å². The number of anilines is 1. The molecule has 0 saturated heterocycles. The summed E-state index contributed by atoms with van der Waals surface area (Å²) in [5, 5.41) is 3.62. The summed E-state index contributed by atoms with van der Waals surface area (Å²) in [5.41, 5.74) is 3.49. The van der Waals surface area contributed by atoms with E-state index in [9.17, 15) is 8.42 Å². The van der Waals surface area contributed by atoms with Crippen LogP contribution in [0.3, 0.4) is 0 Å². The molecule has 3 rings (SSSR count). The Morgan fingerprint density at radius 1 is 1.04 bits per heavy atom. The molecule has 1 atom stereocenters. The summed E-state index contributed by atoms with van der Waals surface area (Å²) in [6, 6.07) is 13.3. The van der Waals surface area contributed by atoms with Crippen LogP contribution >= 0.6 is 0 Å². The van der Waals surface area contributed by atoms with Crippen molar-refractivity contribution >= 4 is 15.7 Å². The highest BCUT2D eigenvalue weighted by Gasteiger charge is 2.34. The van der Waals surface area contributed by atoms with Crippen molar-refractivity contribution in [3.8, 4) is 0 Å². The molecule has 0 saturated carbocycles. The second-order valence-corrected chi connectivity index (χ2v) is 9.30.